The van der Waals surface area contributed by atoms with E-state index in [4.69, 9.17) is 10.8 Å². The van der Waals surface area contributed by atoms with Gasteiger partial charge in [-0.1, -0.05) is 0 Å². The lowest BCUT2D eigenvalue weighted by atomic mass is 10.1. The van der Waals surface area contributed by atoms with Crippen molar-refractivity contribution in [1.82, 2.24) is 0 Å². The zero-order valence-electron chi connectivity index (χ0n) is 5.05. The fourth-order valence-corrected chi connectivity index (χ4v) is 0.474. The van der Waals surface area contributed by atoms with E-state index in [2.05, 4.69) is 12.6 Å². The quantitative estimate of drug-likeness (QED) is 0.456. The molecule has 0 aromatic rings. The van der Waals surface area contributed by atoms with Gasteiger partial charge in [-0.05, 0) is 19.3 Å². The van der Waals surface area contributed by atoms with E-state index in [1.54, 1.807) is 13.8 Å². The molecule has 0 spiro atoms. The molecule has 0 fully saturated rings. The molecule has 8 heavy (non-hydrogen) atoms. The summed E-state index contributed by atoms with van der Waals surface area (Å²) in [7, 11) is 0. The van der Waals surface area contributed by atoms with E-state index in [9.17, 15) is 0 Å². The van der Waals surface area contributed by atoms with E-state index in [-0.39, 0.29) is 0 Å². The van der Waals surface area contributed by atoms with Gasteiger partial charge < -0.3 is 10.8 Å². The minimum absolute atomic E-state index is 0.376. The second-order valence-corrected chi connectivity index (χ2v) is 2.40. The molecule has 0 saturated heterocycles. The van der Waals surface area contributed by atoms with E-state index in [0.717, 1.165) is 0 Å². The fraction of sp³-hybridized carbons (Fsp3) is 0.600. The molecule has 0 aromatic heterocycles. The molecule has 3 N–H and O–H groups in total. The van der Waals surface area contributed by atoms with Crippen LogP contribution >= 0.6 is 12.6 Å². The summed E-state index contributed by atoms with van der Waals surface area (Å²) >= 11 is 3.76. The first-order chi connectivity index (χ1) is 3.48. The number of hydrogen-bond acceptors (Lipinski definition) is 3. The van der Waals surface area contributed by atoms with E-state index in [1.807, 2.05) is 0 Å². The Labute approximate surface area is 54.8 Å². The summed E-state index contributed by atoms with van der Waals surface area (Å²) < 4.78 is 0. The van der Waals surface area contributed by atoms with Crippen LogP contribution in [0.4, 0.5) is 0 Å². The van der Waals surface area contributed by atoms with Crippen molar-refractivity contribution in [3.8, 4) is 0 Å². The van der Waals surface area contributed by atoms with Crippen molar-refractivity contribution in [3.63, 3.8) is 0 Å². The van der Waals surface area contributed by atoms with Gasteiger partial charge in [0.25, 0.3) is 0 Å². The minimum atomic E-state index is -0.929. The molecule has 0 atom stereocenters. The van der Waals surface area contributed by atoms with E-state index < -0.39 is 5.60 Å². The lowest BCUT2D eigenvalue weighted by Gasteiger charge is -2.16. The van der Waals surface area contributed by atoms with Crippen LogP contribution in [0.3, 0.4) is 0 Å². The van der Waals surface area contributed by atoms with Gasteiger partial charge >= 0.3 is 0 Å². The highest BCUT2D eigenvalue weighted by Gasteiger charge is 2.14. The summed E-state index contributed by atoms with van der Waals surface area (Å²) in [5.74, 6) is 0. The molecule has 0 unspecified atom stereocenters. The predicted octanol–water partition coefficient (Wildman–Crippen LogP) is 0.487. The Morgan fingerprint density at radius 2 is 2.12 bits per heavy atom. The Balaban J connectivity index is 4.03. The van der Waals surface area contributed by atoms with Gasteiger partial charge in [-0.15, -0.1) is 12.6 Å². The third-order valence-corrected chi connectivity index (χ3v) is 1.12. The van der Waals surface area contributed by atoms with Crippen LogP contribution in [0.25, 0.3) is 0 Å². The van der Waals surface area contributed by atoms with E-state index in [1.165, 1.54) is 5.41 Å². The summed E-state index contributed by atoms with van der Waals surface area (Å²) in [6.45, 7) is 3.21. The molecule has 0 aromatic carbocycles. The van der Waals surface area contributed by atoms with Crippen LogP contribution in [0.5, 0.6) is 0 Å². The second kappa shape index (κ2) is 2.42. The van der Waals surface area contributed by atoms with Gasteiger partial charge in [0, 0.05) is 5.70 Å². The summed E-state index contributed by atoms with van der Waals surface area (Å²) in [5, 5.41) is 10.4. The van der Waals surface area contributed by atoms with Crippen LogP contribution in [0.2, 0.25) is 0 Å². The van der Waals surface area contributed by atoms with Gasteiger partial charge in [0.05, 0.1) is 5.60 Å². The van der Waals surface area contributed by atoms with Crippen LogP contribution in [0.1, 0.15) is 13.8 Å². The number of aliphatic hydroxyl groups is 1. The Hall–Kier alpha value is -0.150. The monoisotopic (exact) mass is 133 g/mol. The molecule has 3 heteroatoms. The second-order valence-electron chi connectivity index (χ2n) is 2.14. The number of hydrogen-bond donors (Lipinski definition) is 3. The summed E-state index contributed by atoms with van der Waals surface area (Å²) in [4.78, 5) is 0. The maximum absolute atomic E-state index is 9.04. The number of thiol groups is 1. The van der Waals surface area contributed by atoms with Crippen molar-refractivity contribution < 1.29 is 5.11 Å². The smallest absolute Gasteiger partial charge is 0.0987 e. The van der Waals surface area contributed by atoms with Crippen LogP contribution in [-0.2, 0) is 0 Å². The largest absolute Gasteiger partial charge is 0.399 e. The standard InChI is InChI=1S/C5H11NOS/c1-5(2,7)4(6)3-8/h3,7-8H,6H2,1-2H3/b4-3-. The lowest BCUT2D eigenvalue weighted by molar-refractivity contribution is 0.118. The molecule has 0 amide bonds. The van der Waals surface area contributed by atoms with Crippen molar-refractivity contribution in [2.75, 3.05) is 0 Å². The number of nitrogens with two attached hydrogens (primary N) is 1. The minimum Gasteiger partial charge on any atom is -0.399 e. The molecule has 0 heterocycles. The van der Waals surface area contributed by atoms with Crippen LogP contribution in [0.15, 0.2) is 11.1 Å². The molecule has 0 bridgehead atoms. The van der Waals surface area contributed by atoms with Gasteiger partial charge in [0.2, 0.25) is 0 Å². The maximum Gasteiger partial charge on any atom is 0.0987 e. The van der Waals surface area contributed by atoms with Gasteiger partial charge in [0.15, 0.2) is 0 Å². The van der Waals surface area contributed by atoms with Crippen molar-refractivity contribution in [3.05, 3.63) is 11.1 Å². The van der Waals surface area contributed by atoms with Crippen LogP contribution < -0.4 is 5.73 Å². The predicted molar refractivity (Wildman–Crippen MR) is 37.6 cm³/mol. The molecule has 0 aliphatic heterocycles. The van der Waals surface area contributed by atoms with Crippen molar-refractivity contribution >= 4 is 12.6 Å². The Morgan fingerprint density at radius 3 is 2.12 bits per heavy atom. The Morgan fingerprint density at radius 1 is 1.75 bits per heavy atom. The highest BCUT2D eigenvalue weighted by Crippen LogP contribution is 2.09. The highest BCUT2D eigenvalue weighted by molar-refractivity contribution is 7.83. The molecule has 0 radical (unpaired) electrons. The fourth-order valence-electron chi connectivity index (χ4n) is 0.158. The molecule has 0 rings (SSSR count). The van der Waals surface area contributed by atoms with Crippen molar-refractivity contribution in [2.24, 2.45) is 5.73 Å². The average molecular weight is 133 g/mol. The Bertz CT molecular complexity index is 103. The molecular weight excluding hydrogens is 122 g/mol. The first-order valence-electron chi connectivity index (χ1n) is 2.31. The van der Waals surface area contributed by atoms with Gasteiger partial charge in [-0.2, -0.15) is 0 Å². The maximum atomic E-state index is 9.04. The summed E-state index contributed by atoms with van der Waals surface area (Å²) in [5.41, 5.74) is 4.73. The first kappa shape index (κ1) is 7.85. The topological polar surface area (TPSA) is 46.2 Å². The van der Waals surface area contributed by atoms with Crippen molar-refractivity contribution in [2.45, 2.75) is 19.4 Å². The molecular formula is C5H11NOS. The van der Waals surface area contributed by atoms with Crippen LogP contribution in [0, 0.1) is 0 Å². The van der Waals surface area contributed by atoms with E-state index in [0.29, 0.717) is 5.70 Å². The normalized spacial score (nSPS) is 14.2. The van der Waals surface area contributed by atoms with Gasteiger partial charge in [0.1, 0.15) is 0 Å². The molecule has 0 saturated carbocycles. The van der Waals surface area contributed by atoms with E-state index >= 15 is 0 Å². The lowest BCUT2D eigenvalue weighted by Crippen LogP contribution is -2.26. The van der Waals surface area contributed by atoms with Gasteiger partial charge in [-0.3, -0.25) is 0 Å². The molecule has 48 valence electrons. The van der Waals surface area contributed by atoms with Crippen LogP contribution in [-0.4, -0.2) is 10.7 Å². The summed E-state index contributed by atoms with van der Waals surface area (Å²) in [6.07, 6.45) is 0. The first-order valence-corrected chi connectivity index (χ1v) is 2.83. The zero-order chi connectivity index (χ0) is 6.78. The SMILES string of the molecule is CC(C)(O)/C(N)=C/S. The third-order valence-electron chi connectivity index (χ3n) is 0.846. The van der Waals surface area contributed by atoms with Crippen molar-refractivity contribution in [1.29, 1.82) is 0 Å². The third kappa shape index (κ3) is 2.23. The molecule has 2 nitrogen and oxygen atoms in total. The molecule has 0 aliphatic carbocycles. The molecule has 0 aliphatic rings. The average Bonchev–Trinajstić information content (AvgIpc) is 1.62. The Kier molecular flexibility index (Phi) is 2.37. The summed E-state index contributed by atoms with van der Waals surface area (Å²) in [6, 6.07) is 0. The zero-order valence-corrected chi connectivity index (χ0v) is 5.94. The highest BCUT2D eigenvalue weighted by atomic mass is 32.1. The van der Waals surface area contributed by atoms with Gasteiger partial charge in [-0.25, -0.2) is 0 Å². The number of rotatable bonds is 1.